The normalized spacial score (nSPS) is 12.5. The first-order valence-electron chi connectivity index (χ1n) is 5.44. The standard InChI is InChI=1S/C12H19NO3S/c1-12(2,3)8-9-16-10-4-6-11(7-5-10)17(13,14)15/h4-7H,8-9H2,1-3H3,(H2,13,14,15). The predicted octanol–water partition coefficient (Wildman–Crippen LogP) is 2.15. The fraction of sp³-hybridized carbons (Fsp3) is 0.500. The van der Waals surface area contributed by atoms with Gasteiger partial charge in [-0.2, -0.15) is 0 Å². The van der Waals surface area contributed by atoms with Crippen LogP contribution in [0.4, 0.5) is 0 Å². The largest absolute Gasteiger partial charge is 0.494 e. The maximum atomic E-state index is 11.0. The zero-order chi connectivity index (χ0) is 13.1. The number of hydrogen-bond donors (Lipinski definition) is 1. The summed E-state index contributed by atoms with van der Waals surface area (Å²) in [6.07, 6.45) is 0.934. The van der Waals surface area contributed by atoms with E-state index in [-0.39, 0.29) is 10.3 Å². The Morgan fingerprint density at radius 1 is 1.18 bits per heavy atom. The van der Waals surface area contributed by atoms with Gasteiger partial charge < -0.3 is 4.74 Å². The third-order valence-electron chi connectivity index (χ3n) is 2.27. The van der Waals surface area contributed by atoms with Crippen molar-refractivity contribution in [3.05, 3.63) is 24.3 Å². The monoisotopic (exact) mass is 257 g/mol. The Morgan fingerprint density at radius 2 is 1.71 bits per heavy atom. The zero-order valence-electron chi connectivity index (χ0n) is 10.4. The molecule has 0 spiro atoms. The van der Waals surface area contributed by atoms with Crippen LogP contribution in [0.25, 0.3) is 0 Å². The van der Waals surface area contributed by atoms with Crippen molar-refractivity contribution in [2.45, 2.75) is 32.1 Å². The van der Waals surface area contributed by atoms with Crippen molar-refractivity contribution in [2.24, 2.45) is 10.6 Å². The maximum absolute atomic E-state index is 11.0. The zero-order valence-corrected chi connectivity index (χ0v) is 11.3. The van der Waals surface area contributed by atoms with Crippen LogP contribution in [0.3, 0.4) is 0 Å². The van der Waals surface area contributed by atoms with E-state index in [4.69, 9.17) is 9.88 Å². The van der Waals surface area contributed by atoms with Crippen LogP contribution in [0.2, 0.25) is 0 Å². The first-order valence-corrected chi connectivity index (χ1v) is 6.99. The lowest BCUT2D eigenvalue weighted by atomic mass is 9.93. The van der Waals surface area contributed by atoms with E-state index in [1.807, 2.05) is 0 Å². The van der Waals surface area contributed by atoms with Crippen LogP contribution >= 0.6 is 0 Å². The van der Waals surface area contributed by atoms with E-state index in [1.54, 1.807) is 12.1 Å². The van der Waals surface area contributed by atoms with Crippen LogP contribution in [-0.2, 0) is 10.0 Å². The van der Waals surface area contributed by atoms with Gasteiger partial charge in [-0.25, -0.2) is 13.6 Å². The van der Waals surface area contributed by atoms with Gasteiger partial charge in [-0.3, -0.25) is 0 Å². The highest BCUT2D eigenvalue weighted by molar-refractivity contribution is 7.89. The molecule has 2 N–H and O–H groups in total. The summed E-state index contributed by atoms with van der Waals surface area (Å²) < 4.78 is 27.6. The van der Waals surface area contributed by atoms with E-state index < -0.39 is 10.0 Å². The lowest BCUT2D eigenvalue weighted by molar-refractivity contribution is 0.243. The van der Waals surface area contributed by atoms with Crippen LogP contribution in [0, 0.1) is 5.41 Å². The highest BCUT2D eigenvalue weighted by atomic mass is 32.2. The van der Waals surface area contributed by atoms with Crippen LogP contribution in [0.5, 0.6) is 5.75 Å². The SMILES string of the molecule is CC(C)(C)CCOc1ccc(S(N)(=O)=O)cc1. The van der Waals surface area contributed by atoms with Gasteiger partial charge in [0.15, 0.2) is 0 Å². The highest BCUT2D eigenvalue weighted by Gasteiger charge is 2.10. The number of nitrogens with two attached hydrogens (primary N) is 1. The molecule has 0 saturated heterocycles. The molecule has 0 heterocycles. The van der Waals surface area contributed by atoms with E-state index in [0.717, 1.165) is 6.42 Å². The molecule has 4 nitrogen and oxygen atoms in total. The molecule has 5 heteroatoms. The van der Waals surface area contributed by atoms with E-state index in [2.05, 4.69) is 20.8 Å². The van der Waals surface area contributed by atoms with Gasteiger partial charge in [0.25, 0.3) is 0 Å². The Kier molecular flexibility index (Phi) is 4.16. The van der Waals surface area contributed by atoms with Crippen molar-refractivity contribution in [3.8, 4) is 5.75 Å². The molecule has 0 bridgehead atoms. The van der Waals surface area contributed by atoms with Crippen molar-refractivity contribution in [3.63, 3.8) is 0 Å². The molecule has 1 aromatic rings. The number of rotatable bonds is 4. The Hall–Kier alpha value is -1.07. The van der Waals surface area contributed by atoms with Crippen molar-refractivity contribution >= 4 is 10.0 Å². The smallest absolute Gasteiger partial charge is 0.238 e. The Balaban J connectivity index is 2.58. The molecule has 96 valence electrons. The molecule has 1 aromatic carbocycles. The highest BCUT2D eigenvalue weighted by Crippen LogP contribution is 2.20. The summed E-state index contributed by atoms with van der Waals surface area (Å²) in [5.74, 6) is 0.654. The quantitative estimate of drug-likeness (QED) is 0.898. The Labute approximate surface area is 103 Å². The van der Waals surface area contributed by atoms with Crippen molar-refractivity contribution < 1.29 is 13.2 Å². The van der Waals surface area contributed by atoms with Crippen LogP contribution < -0.4 is 9.88 Å². The van der Waals surface area contributed by atoms with Gasteiger partial charge in [-0.1, -0.05) is 20.8 Å². The molecule has 0 radical (unpaired) electrons. The molecular formula is C12H19NO3S. The molecule has 0 aromatic heterocycles. The predicted molar refractivity (Wildman–Crippen MR) is 67.4 cm³/mol. The second-order valence-electron chi connectivity index (χ2n) is 5.18. The summed E-state index contributed by atoms with van der Waals surface area (Å²) >= 11 is 0. The van der Waals surface area contributed by atoms with Crippen LogP contribution in [0.1, 0.15) is 27.2 Å². The van der Waals surface area contributed by atoms with Crippen LogP contribution in [-0.4, -0.2) is 15.0 Å². The second-order valence-corrected chi connectivity index (χ2v) is 6.74. The second kappa shape index (κ2) is 5.06. The molecule has 0 aliphatic carbocycles. The van der Waals surface area contributed by atoms with Gasteiger partial charge in [-0.15, -0.1) is 0 Å². The average Bonchev–Trinajstić information content (AvgIpc) is 2.15. The minimum Gasteiger partial charge on any atom is -0.494 e. The minimum atomic E-state index is -3.62. The number of primary sulfonamides is 1. The summed E-state index contributed by atoms with van der Waals surface area (Å²) in [6.45, 7) is 7.03. The molecular weight excluding hydrogens is 238 g/mol. The number of ether oxygens (including phenoxy) is 1. The molecule has 0 atom stereocenters. The molecule has 1 rings (SSSR count). The topological polar surface area (TPSA) is 69.4 Å². The number of hydrogen-bond acceptors (Lipinski definition) is 3. The van der Waals surface area contributed by atoms with Gasteiger partial charge in [-0.05, 0) is 36.1 Å². The Morgan fingerprint density at radius 3 is 2.12 bits per heavy atom. The van der Waals surface area contributed by atoms with Crippen molar-refractivity contribution in [1.82, 2.24) is 0 Å². The lowest BCUT2D eigenvalue weighted by Gasteiger charge is -2.18. The first-order chi connectivity index (χ1) is 7.68. The minimum absolute atomic E-state index is 0.0978. The summed E-state index contributed by atoms with van der Waals surface area (Å²) in [6, 6.07) is 6.12. The van der Waals surface area contributed by atoms with Crippen LogP contribution in [0.15, 0.2) is 29.2 Å². The Bertz CT molecular complexity index is 458. The number of benzene rings is 1. The third-order valence-corrected chi connectivity index (χ3v) is 3.20. The van der Waals surface area contributed by atoms with E-state index >= 15 is 0 Å². The van der Waals surface area contributed by atoms with E-state index in [9.17, 15) is 8.42 Å². The fourth-order valence-electron chi connectivity index (χ4n) is 1.20. The van der Waals surface area contributed by atoms with Gasteiger partial charge >= 0.3 is 0 Å². The molecule has 0 aliphatic rings. The van der Waals surface area contributed by atoms with E-state index in [1.165, 1.54) is 12.1 Å². The summed E-state index contributed by atoms with van der Waals surface area (Å²) in [5, 5.41) is 5.00. The first kappa shape index (κ1) is 14.0. The number of sulfonamides is 1. The van der Waals surface area contributed by atoms with Gasteiger partial charge in [0.05, 0.1) is 11.5 Å². The summed E-state index contributed by atoms with van der Waals surface area (Å²) in [5.41, 5.74) is 0.223. The molecule has 0 unspecified atom stereocenters. The third kappa shape index (κ3) is 5.19. The molecule has 17 heavy (non-hydrogen) atoms. The summed E-state index contributed by atoms with van der Waals surface area (Å²) in [7, 11) is -3.62. The van der Waals surface area contributed by atoms with Crippen molar-refractivity contribution in [1.29, 1.82) is 0 Å². The van der Waals surface area contributed by atoms with Gasteiger partial charge in [0, 0.05) is 0 Å². The molecule has 0 amide bonds. The van der Waals surface area contributed by atoms with Gasteiger partial charge in [0.1, 0.15) is 5.75 Å². The van der Waals surface area contributed by atoms with Gasteiger partial charge in [0.2, 0.25) is 10.0 Å². The fourth-order valence-corrected chi connectivity index (χ4v) is 1.72. The van der Waals surface area contributed by atoms with E-state index in [0.29, 0.717) is 12.4 Å². The summed E-state index contributed by atoms with van der Waals surface area (Å²) in [4.78, 5) is 0.0978. The molecule has 0 fully saturated rings. The average molecular weight is 257 g/mol. The molecule has 0 aliphatic heterocycles. The lowest BCUT2D eigenvalue weighted by Crippen LogP contribution is -2.12. The maximum Gasteiger partial charge on any atom is 0.238 e. The molecule has 0 saturated carbocycles. The van der Waals surface area contributed by atoms with Crippen molar-refractivity contribution in [2.75, 3.05) is 6.61 Å².